The average molecular weight is 451 g/mol. The Morgan fingerprint density at radius 3 is 2.35 bits per heavy atom. The van der Waals surface area contributed by atoms with Gasteiger partial charge in [0.1, 0.15) is 0 Å². The molecule has 3 rings (SSSR count). The van der Waals surface area contributed by atoms with Crippen molar-refractivity contribution in [1.82, 2.24) is 20.4 Å². The third-order valence-electron chi connectivity index (χ3n) is 6.53. The highest BCUT2D eigenvalue weighted by atomic mass is 32.2. The molecule has 1 aromatic heterocycles. The summed E-state index contributed by atoms with van der Waals surface area (Å²) in [5.74, 6) is 1.11. The van der Waals surface area contributed by atoms with E-state index in [1.807, 2.05) is 14.1 Å². The lowest BCUT2D eigenvalue weighted by Gasteiger charge is -2.27. The first-order valence-electron chi connectivity index (χ1n) is 12.0. The molecule has 0 aliphatic heterocycles. The first kappa shape index (κ1) is 24.2. The standard InChI is InChI=1S/C23H38N4O3S/c1-27(2)14-15-31-23-26-25-22(30-23)20(28)19(16-17-10-6-5-7-11-17)24-21(29)18-12-8-3-4-9-13-18/h17-19H,3-16H2,1-2H3,(H,24,29). The number of carbonyl (C=O) groups excluding carboxylic acids is 2. The zero-order valence-corrected chi connectivity index (χ0v) is 19.9. The molecule has 8 heteroatoms. The van der Waals surface area contributed by atoms with Crippen molar-refractivity contribution >= 4 is 23.5 Å². The summed E-state index contributed by atoms with van der Waals surface area (Å²) >= 11 is 1.45. The van der Waals surface area contributed by atoms with Gasteiger partial charge in [-0.1, -0.05) is 69.5 Å². The second-order valence-corrected chi connectivity index (χ2v) is 10.4. The molecule has 0 spiro atoms. The number of nitrogens with zero attached hydrogens (tertiary/aromatic N) is 3. The molecular formula is C23H38N4O3S. The van der Waals surface area contributed by atoms with Crippen LogP contribution >= 0.6 is 11.8 Å². The van der Waals surface area contributed by atoms with Gasteiger partial charge in [0.2, 0.25) is 11.7 Å². The number of nitrogens with one attached hydrogen (secondary N) is 1. The van der Waals surface area contributed by atoms with Gasteiger partial charge in [0, 0.05) is 18.2 Å². The molecule has 2 aliphatic rings. The van der Waals surface area contributed by atoms with E-state index in [9.17, 15) is 9.59 Å². The van der Waals surface area contributed by atoms with Crippen LogP contribution in [0, 0.1) is 11.8 Å². The van der Waals surface area contributed by atoms with E-state index in [4.69, 9.17) is 4.42 Å². The number of carbonyl (C=O) groups is 2. The van der Waals surface area contributed by atoms with Crippen LogP contribution in [0.25, 0.3) is 0 Å². The van der Waals surface area contributed by atoms with Crippen molar-refractivity contribution < 1.29 is 14.0 Å². The highest BCUT2D eigenvalue weighted by molar-refractivity contribution is 7.99. The number of rotatable bonds is 10. The van der Waals surface area contributed by atoms with Crippen molar-refractivity contribution in [3.63, 3.8) is 0 Å². The largest absolute Gasteiger partial charge is 0.408 e. The monoisotopic (exact) mass is 450 g/mol. The predicted octanol–water partition coefficient (Wildman–Crippen LogP) is 4.33. The highest BCUT2D eigenvalue weighted by Crippen LogP contribution is 2.29. The van der Waals surface area contributed by atoms with Crippen molar-refractivity contribution in [3.05, 3.63) is 5.89 Å². The second-order valence-electron chi connectivity index (χ2n) is 9.38. The molecule has 1 unspecified atom stereocenters. The summed E-state index contributed by atoms with van der Waals surface area (Å²) in [7, 11) is 4.02. The molecule has 0 bridgehead atoms. The molecule has 1 heterocycles. The van der Waals surface area contributed by atoms with Crippen LogP contribution in [-0.4, -0.2) is 59.2 Å². The Hall–Kier alpha value is -1.41. The molecule has 2 fully saturated rings. The number of amides is 1. The Morgan fingerprint density at radius 2 is 1.68 bits per heavy atom. The Morgan fingerprint density at radius 1 is 1.03 bits per heavy atom. The van der Waals surface area contributed by atoms with Crippen LogP contribution < -0.4 is 5.32 Å². The minimum Gasteiger partial charge on any atom is -0.408 e. The van der Waals surface area contributed by atoms with E-state index in [1.54, 1.807) is 0 Å². The van der Waals surface area contributed by atoms with Gasteiger partial charge in [-0.2, -0.15) is 0 Å². The molecule has 174 valence electrons. The van der Waals surface area contributed by atoms with Gasteiger partial charge in [0.25, 0.3) is 11.1 Å². The van der Waals surface area contributed by atoms with Gasteiger partial charge >= 0.3 is 0 Å². The van der Waals surface area contributed by atoms with Crippen LogP contribution in [0.4, 0.5) is 0 Å². The summed E-state index contributed by atoms with van der Waals surface area (Å²) in [5.41, 5.74) is 0. The molecule has 0 saturated heterocycles. The minimum absolute atomic E-state index is 0.0176. The number of thioether (sulfide) groups is 1. The Labute approximate surface area is 190 Å². The zero-order chi connectivity index (χ0) is 22.1. The first-order valence-corrected chi connectivity index (χ1v) is 13.0. The second kappa shape index (κ2) is 12.6. The maximum atomic E-state index is 13.3. The van der Waals surface area contributed by atoms with Crippen molar-refractivity contribution in [2.75, 3.05) is 26.4 Å². The molecule has 1 amide bonds. The van der Waals surface area contributed by atoms with Crippen LogP contribution in [0.2, 0.25) is 0 Å². The normalized spacial score (nSPS) is 19.8. The van der Waals surface area contributed by atoms with Gasteiger partial charge in [-0.3, -0.25) is 9.59 Å². The van der Waals surface area contributed by atoms with Gasteiger partial charge in [0.15, 0.2) is 0 Å². The first-order chi connectivity index (χ1) is 15.0. The van der Waals surface area contributed by atoms with Crippen molar-refractivity contribution in [2.24, 2.45) is 11.8 Å². The third kappa shape index (κ3) is 7.90. The van der Waals surface area contributed by atoms with Gasteiger partial charge in [-0.25, -0.2) is 0 Å². The summed E-state index contributed by atoms with van der Waals surface area (Å²) in [6.07, 6.45) is 13.0. The maximum Gasteiger partial charge on any atom is 0.286 e. The molecule has 2 saturated carbocycles. The van der Waals surface area contributed by atoms with E-state index in [1.165, 1.54) is 43.9 Å². The fourth-order valence-corrected chi connectivity index (χ4v) is 5.52. The maximum absolute atomic E-state index is 13.3. The molecular weight excluding hydrogens is 412 g/mol. The van der Waals surface area contributed by atoms with Crippen LogP contribution in [0.3, 0.4) is 0 Å². The summed E-state index contributed by atoms with van der Waals surface area (Å²) in [4.78, 5) is 28.4. The van der Waals surface area contributed by atoms with Crippen LogP contribution in [-0.2, 0) is 4.79 Å². The molecule has 0 aromatic carbocycles. The lowest BCUT2D eigenvalue weighted by atomic mass is 9.83. The predicted molar refractivity (Wildman–Crippen MR) is 122 cm³/mol. The Bertz CT molecular complexity index is 695. The number of hydrogen-bond acceptors (Lipinski definition) is 7. The van der Waals surface area contributed by atoms with E-state index >= 15 is 0 Å². The SMILES string of the molecule is CN(C)CCSc1nnc(C(=O)C(CC2CCCCC2)NC(=O)C2CCCCCC2)o1. The molecule has 1 aromatic rings. The molecule has 31 heavy (non-hydrogen) atoms. The van der Waals surface area contributed by atoms with Gasteiger partial charge in [-0.15, -0.1) is 10.2 Å². The van der Waals surface area contributed by atoms with E-state index < -0.39 is 6.04 Å². The van der Waals surface area contributed by atoms with Gasteiger partial charge in [-0.05, 0) is 39.3 Å². The molecule has 1 N–H and O–H groups in total. The summed E-state index contributed by atoms with van der Waals surface area (Å²) in [6, 6.07) is -0.570. The Kier molecular flexibility index (Phi) is 9.84. The van der Waals surface area contributed by atoms with Crippen LogP contribution in [0.5, 0.6) is 0 Å². The molecule has 0 radical (unpaired) electrons. The van der Waals surface area contributed by atoms with Crippen molar-refractivity contribution in [1.29, 1.82) is 0 Å². The molecule has 7 nitrogen and oxygen atoms in total. The summed E-state index contributed by atoms with van der Waals surface area (Å²) in [5, 5.41) is 11.6. The number of hydrogen-bond donors (Lipinski definition) is 1. The van der Waals surface area contributed by atoms with Crippen LogP contribution in [0.1, 0.15) is 87.7 Å². The average Bonchev–Trinajstić information content (AvgIpc) is 3.05. The molecule has 1 atom stereocenters. The van der Waals surface area contributed by atoms with Crippen LogP contribution in [0.15, 0.2) is 9.64 Å². The van der Waals surface area contributed by atoms with E-state index in [-0.39, 0.29) is 23.5 Å². The quantitative estimate of drug-likeness (QED) is 0.322. The van der Waals surface area contributed by atoms with Crippen molar-refractivity contribution in [2.45, 2.75) is 88.3 Å². The third-order valence-corrected chi connectivity index (χ3v) is 7.33. The summed E-state index contributed by atoms with van der Waals surface area (Å²) in [6.45, 7) is 0.887. The van der Waals surface area contributed by atoms with E-state index in [2.05, 4.69) is 20.4 Å². The lowest BCUT2D eigenvalue weighted by molar-refractivity contribution is -0.126. The van der Waals surface area contributed by atoms with E-state index in [0.717, 1.165) is 50.8 Å². The number of aromatic nitrogens is 2. The minimum atomic E-state index is -0.570. The zero-order valence-electron chi connectivity index (χ0n) is 19.1. The Balaban J connectivity index is 1.65. The number of Topliss-reactive ketones (excluding diaryl/α,β-unsaturated/α-hetero) is 1. The summed E-state index contributed by atoms with van der Waals surface area (Å²) < 4.78 is 5.67. The molecule has 2 aliphatic carbocycles. The smallest absolute Gasteiger partial charge is 0.286 e. The lowest BCUT2D eigenvalue weighted by Crippen LogP contribution is -2.45. The van der Waals surface area contributed by atoms with Gasteiger partial charge in [0.05, 0.1) is 6.04 Å². The van der Waals surface area contributed by atoms with Gasteiger partial charge < -0.3 is 14.6 Å². The fourth-order valence-electron chi connectivity index (χ4n) is 4.65. The fraction of sp³-hybridized carbons (Fsp3) is 0.826. The van der Waals surface area contributed by atoms with E-state index in [0.29, 0.717) is 17.6 Å². The number of ketones is 1. The topological polar surface area (TPSA) is 88.3 Å². The van der Waals surface area contributed by atoms with Crippen molar-refractivity contribution in [3.8, 4) is 0 Å². The highest BCUT2D eigenvalue weighted by Gasteiger charge is 2.32.